The molecule has 2 unspecified atom stereocenters. The normalized spacial score (nSPS) is 22.1. The number of benzene rings is 1. The number of nitrogens with zero attached hydrogens (tertiary/aromatic N) is 1. The minimum Gasteiger partial charge on any atom is -0.341 e. The fourth-order valence-electron chi connectivity index (χ4n) is 2.72. The number of likely N-dealkylation sites (tertiary alicyclic amines) is 1. The highest BCUT2D eigenvalue weighted by atomic mass is 35.5. The van der Waals surface area contributed by atoms with Crippen molar-refractivity contribution in [2.45, 2.75) is 38.1 Å². The molecule has 1 aromatic carbocycles. The molecule has 0 aliphatic carbocycles. The summed E-state index contributed by atoms with van der Waals surface area (Å²) in [6, 6.07) is 5.73. The van der Waals surface area contributed by atoms with Gasteiger partial charge in [-0.15, -0.1) is 12.4 Å². The van der Waals surface area contributed by atoms with E-state index < -0.39 is 16.1 Å². The Labute approximate surface area is 150 Å². The van der Waals surface area contributed by atoms with Crippen LogP contribution in [0, 0.1) is 12.3 Å². The van der Waals surface area contributed by atoms with Crippen molar-refractivity contribution < 1.29 is 13.2 Å². The van der Waals surface area contributed by atoms with Crippen molar-refractivity contribution in [3.05, 3.63) is 29.8 Å². The second kappa shape index (κ2) is 7.82. The number of carbonyl (C=O) groups excluding carboxylic acids is 1. The van der Waals surface area contributed by atoms with Crippen LogP contribution in [0.1, 0.15) is 25.8 Å². The molecule has 24 heavy (non-hydrogen) atoms. The van der Waals surface area contributed by atoms with E-state index in [0.717, 1.165) is 12.0 Å². The second-order valence-electron chi connectivity index (χ2n) is 6.68. The molecule has 6 nitrogen and oxygen atoms in total. The van der Waals surface area contributed by atoms with Crippen LogP contribution in [-0.4, -0.2) is 44.9 Å². The molecule has 1 fully saturated rings. The standard InChI is InChI=1S/C16H25N3O3S.ClH/c1-12-4-6-14(7-5-12)23(21,22)18-13(2)15(20)19-9-8-16(3,10-17)11-19;/h4-7,13,18H,8-11,17H2,1-3H3;1H. The number of hydrogen-bond donors (Lipinski definition) is 2. The molecule has 1 aromatic rings. The Morgan fingerprint density at radius 2 is 1.96 bits per heavy atom. The van der Waals surface area contributed by atoms with Gasteiger partial charge in [-0.2, -0.15) is 4.72 Å². The number of rotatable bonds is 5. The van der Waals surface area contributed by atoms with E-state index in [1.807, 2.05) is 13.8 Å². The first-order valence-electron chi connectivity index (χ1n) is 7.75. The van der Waals surface area contributed by atoms with Crippen molar-refractivity contribution in [3.63, 3.8) is 0 Å². The summed E-state index contributed by atoms with van der Waals surface area (Å²) in [6.07, 6.45) is 0.840. The molecule has 0 saturated carbocycles. The molecule has 1 heterocycles. The van der Waals surface area contributed by atoms with E-state index in [2.05, 4.69) is 4.72 Å². The van der Waals surface area contributed by atoms with Gasteiger partial charge in [-0.05, 0) is 44.4 Å². The predicted molar refractivity (Wildman–Crippen MR) is 96.6 cm³/mol. The number of nitrogens with two attached hydrogens (primary N) is 1. The highest BCUT2D eigenvalue weighted by molar-refractivity contribution is 7.89. The van der Waals surface area contributed by atoms with E-state index >= 15 is 0 Å². The Bertz CT molecular complexity index is 678. The number of amides is 1. The summed E-state index contributed by atoms with van der Waals surface area (Å²) < 4.78 is 27.2. The van der Waals surface area contributed by atoms with Crippen molar-refractivity contribution in [2.75, 3.05) is 19.6 Å². The van der Waals surface area contributed by atoms with Gasteiger partial charge in [-0.1, -0.05) is 24.6 Å². The van der Waals surface area contributed by atoms with E-state index in [4.69, 9.17) is 5.73 Å². The Kier molecular flexibility index (Phi) is 6.81. The number of nitrogens with one attached hydrogen (secondary N) is 1. The number of halogens is 1. The molecule has 0 aromatic heterocycles. The summed E-state index contributed by atoms with van der Waals surface area (Å²) in [5.74, 6) is -0.210. The number of carbonyl (C=O) groups is 1. The third-order valence-electron chi connectivity index (χ3n) is 4.40. The maximum atomic E-state index is 12.5. The van der Waals surface area contributed by atoms with Crippen molar-refractivity contribution in [1.82, 2.24) is 9.62 Å². The number of aryl methyl sites for hydroxylation is 1. The summed E-state index contributed by atoms with van der Waals surface area (Å²) in [5, 5.41) is 0. The van der Waals surface area contributed by atoms with Crippen LogP contribution < -0.4 is 10.5 Å². The van der Waals surface area contributed by atoms with Crippen LogP contribution in [0.15, 0.2) is 29.2 Å². The van der Waals surface area contributed by atoms with Gasteiger partial charge < -0.3 is 10.6 Å². The average molecular weight is 376 g/mol. The van der Waals surface area contributed by atoms with Gasteiger partial charge in [0.05, 0.1) is 10.9 Å². The molecule has 0 bridgehead atoms. The summed E-state index contributed by atoms with van der Waals surface area (Å²) in [7, 11) is -3.71. The van der Waals surface area contributed by atoms with E-state index in [9.17, 15) is 13.2 Å². The summed E-state index contributed by atoms with van der Waals surface area (Å²) in [5.41, 5.74) is 6.65. The molecule has 1 amide bonds. The van der Waals surface area contributed by atoms with Crippen molar-refractivity contribution in [1.29, 1.82) is 0 Å². The van der Waals surface area contributed by atoms with Crippen molar-refractivity contribution in [3.8, 4) is 0 Å². The third kappa shape index (κ3) is 4.69. The lowest BCUT2D eigenvalue weighted by Gasteiger charge is -2.25. The molecule has 2 atom stereocenters. The smallest absolute Gasteiger partial charge is 0.241 e. The SMILES string of the molecule is Cc1ccc(S(=O)(=O)NC(C)C(=O)N2CCC(C)(CN)C2)cc1.Cl. The minimum atomic E-state index is -3.71. The maximum Gasteiger partial charge on any atom is 0.241 e. The Morgan fingerprint density at radius 3 is 2.46 bits per heavy atom. The highest BCUT2D eigenvalue weighted by Gasteiger charge is 2.37. The lowest BCUT2D eigenvalue weighted by atomic mass is 9.90. The molecule has 2 rings (SSSR count). The van der Waals surface area contributed by atoms with E-state index in [1.165, 1.54) is 12.1 Å². The number of hydrogen-bond acceptors (Lipinski definition) is 4. The van der Waals surface area contributed by atoms with Gasteiger partial charge in [0.1, 0.15) is 0 Å². The Morgan fingerprint density at radius 1 is 1.38 bits per heavy atom. The van der Waals surface area contributed by atoms with Gasteiger partial charge in [0, 0.05) is 13.1 Å². The van der Waals surface area contributed by atoms with Gasteiger partial charge in [0.15, 0.2) is 0 Å². The van der Waals surface area contributed by atoms with Crippen LogP contribution in [0.2, 0.25) is 0 Å². The fourth-order valence-corrected chi connectivity index (χ4v) is 3.92. The topological polar surface area (TPSA) is 92.5 Å². The molecule has 136 valence electrons. The number of sulfonamides is 1. The molecule has 1 aliphatic rings. The first-order valence-corrected chi connectivity index (χ1v) is 9.23. The maximum absolute atomic E-state index is 12.5. The zero-order valence-corrected chi connectivity index (χ0v) is 15.9. The average Bonchev–Trinajstić information content (AvgIpc) is 2.89. The van der Waals surface area contributed by atoms with Gasteiger partial charge >= 0.3 is 0 Å². The zero-order chi connectivity index (χ0) is 17.3. The van der Waals surface area contributed by atoms with Gasteiger partial charge in [0.25, 0.3) is 0 Å². The van der Waals surface area contributed by atoms with Gasteiger partial charge in [-0.25, -0.2) is 8.42 Å². The second-order valence-corrected chi connectivity index (χ2v) is 8.39. The van der Waals surface area contributed by atoms with Gasteiger partial charge in [0.2, 0.25) is 15.9 Å². The van der Waals surface area contributed by atoms with E-state index in [1.54, 1.807) is 24.0 Å². The van der Waals surface area contributed by atoms with Crippen LogP contribution >= 0.6 is 12.4 Å². The van der Waals surface area contributed by atoms with Crippen LogP contribution in [0.4, 0.5) is 0 Å². The van der Waals surface area contributed by atoms with Crippen molar-refractivity contribution >= 4 is 28.3 Å². The van der Waals surface area contributed by atoms with E-state index in [0.29, 0.717) is 19.6 Å². The summed E-state index contributed by atoms with van der Waals surface area (Å²) in [4.78, 5) is 14.3. The summed E-state index contributed by atoms with van der Waals surface area (Å²) >= 11 is 0. The Hall–Kier alpha value is -1.15. The third-order valence-corrected chi connectivity index (χ3v) is 5.95. The van der Waals surface area contributed by atoms with Gasteiger partial charge in [-0.3, -0.25) is 4.79 Å². The molecular formula is C16H26ClN3O3S. The fraction of sp³-hybridized carbons (Fsp3) is 0.562. The van der Waals surface area contributed by atoms with Crippen molar-refractivity contribution in [2.24, 2.45) is 11.1 Å². The molecule has 8 heteroatoms. The molecule has 1 aliphatic heterocycles. The molecular weight excluding hydrogens is 350 g/mol. The van der Waals surface area contributed by atoms with Crippen LogP contribution in [0.5, 0.6) is 0 Å². The molecule has 1 saturated heterocycles. The van der Waals surface area contributed by atoms with Crippen LogP contribution in [0.3, 0.4) is 0 Å². The largest absolute Gasteiger partial charge is 0.341 e. The first kappa shape index (κ1) is 20.9. The molecule has 0 radical (unpaired) electrons. The quantitative estimate of drug-likeness (QED) is 0.810. The molecule has 0 spiro atoms. The highest BCUT2D eigenvalue weighted by Crippen LogP contribution is 2.28. The predicted octanol–water partition coefficient (Wildman–Crippen LogP) is 1.28. The zero-order valence-electron chi connectivity index (χ0n) is 14.3. The lowest BCUT2D eigenvalue weighted by molar-refractivity contribution is -0.131. The van der Waals surface area contributed by atoms with Crippen LogP contribution in [-0.2, 0) is 14.8 Å². The Balaban J connectivity index is 0.00000288. The minimum absolute atomic E-state index is 0. The first-order chi connectivity index (χ1) is 10.7. The monoisotopic (exact) mass is 375 g/mol. The van der Waals surface area contributed by atoms with Crippen LogP contribution in [0.25, 0.3) is 0 Å². The molecule has 3 N–H and O–H groups in total. The lowest BCUT2D eigenvalue weighted by Crippen LogP contribution is -2.46. The summed E-state index contributed by atoms with van der Waals surface area (Å²) in [6.45, 7) is 7.20. The van der Waals surface area contributed by atoms with E-state index in [-0.39, 0.29) is 28.6 Å².